The number of rotatable bonds is 5. The van der Waals surface area contributed by atoms with Crippen molar-refractivity contribution in [2.24, 2.45) is 5.92 Å². The lowest BCUT2D eigenvalue weighted by molar-refractivity contribution is -0.127. The molecule has 0 bridgehead atoms. The summed E-state index contributed by atoms with van der Waals surface area (Å²) in [6, 6.07) is 2.07. The molecule has 0 saturated carbocycles. The fourth-order valence-electron chi connectivity index (χ4n) is 2.94. The molecule has 2 aromatic rings. The first kappa shape index (κ1) is 17.2. The Morgan fingerprint density at radius 2 is 2.38 bits per heavy atom. The first-order chi connectivity index (χ1) is 11.6. The number of hydrogen-bond acceptors (Lipinski definition) is 6. The van der Waals surface area contributed by atoms with E-state index >= 15 is 0 Å². The maximum absolute atomic E-state index is 12.2. The Kier molecular flexibility index (Phi) is 5.36. The van der Waals surface area contributed by atoms with Gasteiger partial charge in [0.25, 0.3) is 0 Å². The molecule has 0 aromatic carbocycles. The first-order valence-electron chi connectivity index (χ1n) is 8.09. The Balaban J connectivity index is 1.78. The zero-order chi connectivity index (χ0) is 17.1. The van der Waals surface area contributed by atoms with Crippen LogP contribution in [0.4, 0.5) is 0 Å². The summed E-state index contributed by atoms with van der Waals surface area (Å²) in [7, 11) is 1.74. The highest BCUT2D eigenvalue weighted by Gasteiger charge is 2.23. The van der Waals surface area contributed by atoms with Crippen molar-refractivity contribution in [3.05, 3.63) is 16.8 Å². The van der Waals surface area contributed by atoms with E-state index in [1.165, 1.54) is 28.6 Å². The summed E-state index contributed by atoms with van der Waals surface area (Å²) in [5.74, 6) is 1.10. The largest absolute Gasteiger partial charge is 0.344 e. The number of amides is 1. The number of nitrogens with zero attached hydrogens (tertiary/aromatic N) is 4. The number of aromatic nitrogens is 2. The van der Waals surface area contributed by atoms with Gasteiger partial charge in [0.1, 0.15) is 16.2 Å². The average molecular weight is 361 g/mol. The van der Waals surface area contributed by atoms with E-state index < -0.39 is 0 Å². The van der Waals surface area contributed by atoms with E-state index in [0.29, 0.717) is 18.7 Å². The van der Waals surface area contributed by atoms with Gasteiger partial charge >= 0.3 is 0 Å². The molecule has 1 amide bonds. The second-order valence-electron chi connectivity index (χ2n) is 6.22. The first-order valence-corrected chi connectivity index (χ1v) is 9.89. The summed E-state index contributed by atoms with van der Waals surface area (Å²) in [5.41, 5.74) is 1.39. The average Bonchev–Trinajstić information content (AvgIpc) is 2.95. The topological polar surface area (TPSA) is 69.9 Å². The van der Waals surface area contributed by atoms with Crippen LogP contribution in [-0.4, -0.2) is 40.1 Å². The van der Waals surface area contributed by atoms with Gasteiger partial charge in [0.15, 0.2) is 0 Å². The molecule has 7 heteroatoms. The van der Waals surface area contributed by atoms with Crippen LogP contribution in [0, 0.1) is 17.2 Å². The highest BCUT2D eigenvalue weighted by molar-refractivity contribution is 8.00. The van der Waals surface area contributed by atoms with Crippen LogP contribution < -0.4 is 0 Å². The maximum Gasteiger partial charge on any atom is 0.232 e. The molecular formula is C17H20N4OS2. The molecule has 2 heterocycles. The normalized spacial score (nSPS) is 16.6. The third-order valence-electron chi connectivity index (χ3n) is 4.37. The van der Waals surface area contributed by atoms with Crippen LogP contribution >= 0.6 is 23.1 Å². The van der Waals surface area contributed by atoms with Crippen molar-refractivity contribution in [3.8, 4) is 6.07 Å². The van der Waals surface area contributed by atoms with Gasteiger partial charge in [-0.2, -0.15) is 5.26 Å². The zero-order valence-corrected chi connectivity index (χ0v) is 15.5. The van der Waals surface area contributed by atoms with Crippen molar-refractivity contribution in [3.63, 3.8) is 0 Å². The molecular weight excluding hydrogens is 340 g/mol. The van der Waals surface area contributed by atoms with Crippen molar-refractivity contribution in [2.45, 2.75) is 37.6 Å². The lowest BCUT2D eigenvalue weighted by Gasteiger charge is -2.18. The van der Waals surface area contributed by atoms with Crippen LogP contribution in [0.1, 0.15) is 30.2 Å². The summed E-state index contributed by atoms with van der Waals surface area (Å²) < 4.78 is 0. The number of thiophene rings is 1. The number of fused-ring (bicyclic) bond motifs is 3. The molecule has 0 N–H and O–H groups in total. The van der Waals surface area contributed by atoms with Gasteiger partial charge in [0.05, 0.1) is 18.2 Å². The third kappa shape index (κ3) is 3.55. The molecule has 0 fully saturated rings. The number of carbonyl (C=O) groups excluding carboxylic acids is 1. The fraction of sp³-hybridized carbons (Fsp3) is 0.529. The molecule has 1 atom stereocenters. The monoisotopic (exact) mass is 360 g/mol. The smallest absolute Gasteiger partial charge is 0.232 e. The van der Waals surface area contributed by atoms with Crippen molar-refractivity contribution >= 4 is 39.2 Å². The van der Waals surface area contributed by atoms with Crippen molar-refractivity contribution in [1.82, 2.24) is 14.9 Å². The van der Waals surface area contributed by atoms with E-state index in [4.69, 9.17) is 5.26 Å². The number of carbonyl (C=O) groups is 1. The van der Waals surface area contributed by atoms with Crippen molar-refractivity contribution in [2.75, 3.05) is 19.3 Å². The molecule has 5 nitrogen and oxygen atoms in total. The van der Waals surface area contributed by atoms with Gasteiger partial charge in [-0.15, -0.1) is 11.3 Å². The molecule has 0 saturated heterocycles. The van der Waals surface area contributed by atoms with E-state index in [1.807, 2.05) is 0 Å². The Bertz CT molecular complexity index is 796. The van der Waals surface area contributed by atoms with Gasteiger partial charge in [-0.3, -0.25) is 4.79 Å². The lowest BCUT2D eigenvalue weighted by atomic mass is 9.89. The standard InChI is InChI=1S/C17H20N4OS2/c1-11-4-5-12-13(8-11)24-17-15(12)16(19-10-20-17)23-9-14(22)21(2)7-3-6-18/h10-11H,3-5,7-9H2,1-2H3. The van der Waals surface area contributed by atoms with Crippen LogP contribution in [0.15, 0.2) is 11.4 Å². The van der Waals surface area contributed by atoms with Crippen molar-refractivity contribution in [1.29, 1.82) is 5.26 Å². The third-order valence-corrected chi connectivity index (χ3v) is 6.51. The van der Waals surface area contributed by atoms with Crippen LogP contribution in [0.3, 0.4) is 0 Å². The number of thioether (sulfide) groups is 1. The highest BCUT2D eigenvalue weighted by atomic mass is 32.2. The maximum atomic E-state index is 12.2. The second kappa shape index (κ2) is 7.49. The molecule has 126 valence electrons. The summed E-state index contributed by atoms with van der Waals surface area (Å²) in [6.45, 7) is 2.77. The molecule has 1 aliphatic rings. The van der Waals surface area contributed by atoms with E-state index in [0.717, 1.165) is 34.0 Å². The molecule has 0 aliphatic heterocycles. The zero-order valence-electron chi connectivity index (χ0n) is 13.9. The molecule has 2 aromatic heterocycles. The lowest BCUT2D eigenvalue weighted by Crippen LogP contribution is -2.29. The Morgan fingerprint density at radius 3 is 3.17 bits per heavy atom. The number of nitriles is 1. The SMILES string of the molecule is CC1CCc2c(sc3ncnc(SCC(=O)N(C)CCC#N)c23)C1. The van der Waals surface area contributed by atoms with Gasteiger partial charge < -0.3 is 4.90 Å². The van der Waals surface area contributed by atoms with Gasteiger partial charge in [-0.05, 0) is 30.7 Å². The highest BCUT2D eigenvalue weighted by Crippen LogP contribution is 2.40. The van der Waals surface area contributed by atoms with Gasteiger partial charge in [-0.25, -0.2) is 9.97 Å². The quantitative estimate of drug-likeness (QED) is 0.604. The van der Waals surface area contributed by atoms with E-state index in [-0.39, 0.29) is 5.91 Å². The van der Waals surface area contributed by atoms with Gasteiger partial charge in [0, 0.05) is 23.9 Å². The Labute approximate surface area is 150 Å². The predicted molar refractivity (Wildman–Crippen MR) is 97.2 cm³/mol. The Hall–Kier alpha value is -1.65. The van der Waals surface area contributed by atoms with E-state index in [9.17, 15) is 4.79 Å². The predicted octanol–water partition coefficient (Wildman–Crippen LogP) is 3.28. The molecule has 3 rings (SSSR count). The minimum atomic E-state index is 0.0275. The molecule has 0 spiro atoms. The summed E-state index contributed by atoms with van der Waals surface area (Å²) in [6.07, 6.45) is 5.36. The van der Waals surface area contributed by atoms with Crippen LogP contribution in [0.5, 0.6) is 0 Å². The van der Waals surface area contributed by atoms with E-state index in [2.05, 4.69) is 23.0 Å². The van der Waals surface area contributed by atoms with Crippen LogP contribution in [-0.2, 0) is 17.6 Å². The van der Waals surface area contributed by atoms with Gasteiger partial charge in [0.2, 0.25) is 5.91 Å². The van der Waals surface area contributed by atoms with Crippen LogP contribution in [0.25, 0.3) is 10.2 Å². The molecule has 24 heavy (non-hydrogen) atoms. The summed E-state index contributed by atoms with van der Waals surface area (Å²) >= 11 is 3.25. The van der Waals surface area contributed by atoms with Crippen molar-refractivity contribution < 1.29 is 4.79 Å². The molecule has 1 unspecified atom stereocenters. The summed E-state index contributed by atoms with van der Waals surface area (Å²) in [5, 5.41) is 10.7. The van der Waals surface area contributed by atoms with E-state index in [1.54, 1.807) is 29.6 Å². The minimum Gasteiger partial charge on any atom is -0.344 e. The minimum absolute atomic E-state index is 0.0275. The van der Waals surface area contributed by atoms with Gasteiger partial charge in [-0.1, -0.05) is 18.7 Å². The number of aryl methyl sites for hydroxylation is 1. The van der Waals surface area contributed by atoms with Crippen LogP contribution in [0.2, 0.25) is 0 Å². The fourth-order valence-corrected chi connectivity index (χ4v) is 5.32. The molecule has 1 aliphatic carbocycles. The second-order valence-corrected chi connectivity index (χ2v) is 8.27. The summed E-state index contributed by atoms with van der Waals surface area (Å²) in [4.78, 5) is 25.1. The Morgan fingerprint density at radius 1 is 1.54 bits per heavy atom. The molecule has 0 radical (unpaired) electrons. The number of hydrogen-bond donors (Lipinski definition) is 0.